The number of benzene rings is 2. The van der Waals surface area contributed by atoms with Gasteiger partial charge in [0, 0.05) is 73.5 Å². The van der Waals surface area contributed by atoms with E-state index in [4.69, 9.17) is 27.9 Å². The van der Waals surface area contributed by atoms with Crippen molar-refractivity contribution in [1.82, 2.24) is 35.8 Å². The van der Waals surface area contributed by atoms with Crippen LogP contribution in [0.2, 0.25) is 10.0 Å². The highest BCUT2D eigenvalue weighted by Crippen LogP contribution is 2.42. The van der Waals surface area contributed by atoms with E-state index in [1.165, 1.54) is 13.3 Å². The Hall–Kier alpha value is -4.36. The molecule has 0 unspecified atom stereocenters. The molecule has 0 bridgehead atoms. The van der Waals surface area contributed by atoms with Crippen LogP contribution >= 0.6 is 23.2 Å². The minimum absolute atomic E-state index is 0.0337. The molecule has 2 aromatic carbocycles. The summed E-state index contributed by atoms with van der Waals surface area (Å²) >= 11 is 13.9. The molecule has 11 nitrogen and oxygen atoms in total. The highest BCUT2D eigenvalue weighted by molar-refractivity contribution is 6.39. The van der Waals surface area contributed by atoms with Crippen molar-refractivity contribution in [2.45, 2.75) is 44.8 Å². The van der Waals surface area contributed by atoms with Crippen LogP contribution < -0.4 is 26.0 Å². The van der Waals surface area contributed by atoms with Gasteiger partial charge in [-0.25, -0.2) is 14.4 Å². The van der Waals surface area contributed by atoms with Crippen molar-refractivity contribution in [3.8, 4) is 28.3 Å². The Balaban J connectivity index is 1.18. The highest BCUT2D eigenvalue weighted by Gasteiger charge is 2.22. The van der Waals surface area contributed by atoms with Crippen molar-refractivity contribution in [3.63, 3.8) is 0 Å². The molecule has 0 aliphatic carbocycles. The number of nitrogens with zero attached hydrogens (tertiary/aromatic N) is 4. The van der Waals surface area contributed by atoms with Gasteiger partial charge in [0.25, 0.3) is 0 Å². The van der Waals surface area contributed by atoms with Crippen LogP contribution in [0.25, 0.3) is 22.4 Å². The zero-order valence-electron chi connectivity index (χ0n) is 26.3. The molecule has 48 heavy (non-hydrogen) atoms. The van der Waals surface area contributed by atoms with Crippen molar-refractivity contribution in [1.29, 1.82) is 0 Å². The number of amides is 2. The quantitative estimate of drug-likeness (QED) is 0.145. The number of methoxy groups -OCH3 is 1. The van der Waals surface area contributed by atoms with Crippen LogP contribution in [0.5, 0.6) is 5.88 Å². The number of carbonyl (C=O) groups is 2. The van der Waals surface area contributed by atoms with Crippen molar-refractivity contribution < 1.29 is 18.7 Å². The van der Waals surface area contributed by atoms with E-state index in [1.54, 1.807) is 29.3 Å². The maximum atomic E-state index is 15.5. The fourth-order valence-electron chi connectivity index (χ4n) is 5.81. The second-order valence-corrected chi connectivity index (χ2v) is 12.3. The molecular weight excluding hydrogens is 658 g/mol. The van der Waals surface area contributed by atoms with Gasteiger partial charge in [0.2, 0.25) is 17.7 Å². The molecule has 2 fully saturated rings. The Kier molecular flexibility index (Phi) is 10.7. The first kappa shape index (κ1) is 33.5. The van der Waals surface area contributed by atoms with E-state index in [0.29, 0.717) is 87.9 Å². The number of halogens is 3. The molecule has 2 aliphatic rings. The maximum Gasteiger partial charge on any atom is 0.237 e. The second-order valence-electron chi connectivity index (χ2n) is 11.6. The first-order chi connectivity index (χ1) is 23.3. The number of carbonyl (C=O) groups excluding carboxylic acids is 2. The number of aromatic nitrogens is 3. The predicted octanol–water partition coefficient (Wildman–Crippen LogP) is 5.44. The molecule has 0 spiro atoms. The van der Waals surface area contributed by atoms with Gasteiger partial charge in [-0.2, -0.15) is 0 Å². The minimum Gasteiger partial charge on any atom is -0.480 e. The van der Waals surface area contributed by atoms with Gasteiger partial charge in [-0.1, -0.05) is 53.5 Å². The largest absolute Gasteiger partial charge is 0.480 e. The van der Waals surface area contributed by atoms with Gasteiger partial charge in [0.15, 0.2) is 11.6 Å². The molecule has 0 saturated carbocycles. The molecule has 1 atom stereocenters. The number of likely N-dealkylation sites (tertiary alicyclic amines) is 1. The summed E-state index contributed by atoms with van der Waals surface area (Å²) in [7, 11) is 1.53. The van der Waals surface area contributed by atoms with E-state index in [0.717, 1.165) is 19.4 Å². The first-order valence-electron chi connectivity index (χ1n) is 15.7. The molecular formula is C34H35Cl2FN8O3. The highest BCUT2D eigenvalue weighted by atomic mass is 35.5. The number of hydrogen-bond acceptors (Lipinski definition) is 9. The third-order valence-electron chi connectivity index (χ3n) is 8.35. The summed E-state index contributed by atoms with van der Waals surface area (Å²) in [4.78, 5) is 38.6. The molecule has 6 rings (SSSR count). The minimum atomic E-state index is -0.502. The van der Waals surface area contributed by atoms with Crippen molar-refractivity contribution in [2.75, 3.05) is 32.2 Å². The van der Waals surface area contributed by atoms with Crippen LogP contribution in [0.3, 0.4) is 0 Å². The first-order valence-corrected chi connectivity index (χ1v) is 16.4. The number of hydrogen-bond donors (Lipinski definition) is 4. The molecule has 4 aromatic rings. The maximum absolute atomic E-state index is 15.5. The lowest BCUT2D eigenvalue weighted by atomic mass is 10.0. The van der Waals surface area contributed by atoms with Crippen LogP contribution in [0, 0.1) is 5.82 Å². The van der Waals surface area contributed by atoms with E-state index >= 15 is 4.39 Å². The van der Waals surface area contributed by atoms with Gasteiger partial charge < -0.3 is 25.6 Å². The topological polar surface area (TPSA) is 133 Å². The van der Waals surface area contributed by atoms with Crippen molar-refractivity contribution >= 4 is 46.5 Å². The summed E-state index contributed by atoms with van der Waals surface area (Å²) in [6, 6.07) is 12.5. The number of nitrogens with one attached hydrogen (secondary N) is 4. The van der Waals surface area contributed by atoms with E-state index in [9.17, 15) is 9.59 Å². The Labute approximate surface area is 287 Å². The molecule has 2 aliphatic heterocycles. The van der Waals surface area contributed by atoms with Gasteiger partial charge >= 0.3 is 0 Å². The zero-order chi connectivity index (χ0) is 33.6. The lowest BCUT2D eigenvalue weighted by molar-refractivity contribution is -0.128. The van der Waals surface area contributed by atoms with E-state index in [1.807, 2.05) is 24.3 Å². The van der Waals surface area contributed by atoms with Gasteiger partial charge in [0.1, 0.15) is 5.69 Å². The standard InChI is InChI=1S/C34H35Cl2FN8O3/c1-48-34-27(17-39-19-45-14-4-9-29(45)47)41-18-26(44-34)24-7-2-5-22(30(24)35)23-6-3-8-25(31(23)36)43-33-32(37)20(12-13-40-33)15-38-16-21-10-11-28(46)42-21/h2-3,5-8,12-13,18,21,38-39H,4,9-11,14-17,19H2,1H3,(H,40,43)(H,42,46)/t21-/m0/s1. The summed E-state index contributed by atoms with van der Waals surface area (Å²) in [5.74, 6) is 0.0531. The summed E-state index contributed by atoms with van der Waals surface area (Å²) in [6.45, 7) is 2.37. The Morgan fingerprint density at radius 2 is 1.79 bits per heavy atom. The summed E-state index contributed by atoms with van der Waals surface area (Å²) in [5.41, 5.74) is 3.90. The average Bonchev–Trinajstić information content (AvgIpc) is 3.70. The predicted molar refractivity (Wildman–Crippen MR) is 182 cm³/mol. The van der Waals surface area contributed by atoms with Crippen LogP contribution in [-0.4, -0.2) is 64.6 Å². The van der Waals surface area contributed by atoms with Crippen molar-refractivity contribution in [3.05, 3.63) is 82.0 Å². The number of ether oxygens (including phenoxy) is 1. The fourth-order valence-corrected chi connectivity index (χ4v) is 6.41. The summed E-state index contributed by atoms with van der Waals surface area (Å²) < 4.78 is 21.0. The molecule has 0 radical (unpaired) electrons. The zero-order valence-corrected chi connectivity index (χ0v) is 27.8. The van der Waals surface area contributed by atoms with Gasteiger partial charge in [-0.3, -0.25) is 19.9 Å². The number of anilines is 2. The molecule has 4 heterocycles. The van der Waals surface area contributed by atoms with E-state index in [-0.39, 0.29) is 30.2 Å². The van der Waals surface area contributed by atoms with Crippen molar-refractivity contribution in [2.24, 2.45) is 0 Å². The molecule has 250 valence electrons. The molecule has 2 amide bonds. The Bertz CT molecular complexity index is 1830. The van der Waals surface area contributed by atoms with Crippen LogP contribution in [0.1, 0.15) is 36.9 Å². The lowest BCUT2D eigenvalue weighted by Gasteiger charge is -2.17. The van der Waals surface area contributed by atoms with Gasteiger partial charge in [0.05, 0.1) is 41.4 Å². The van der Waals surface area contributed by atoms with Crippen LogP contribution in [0.15, 0.2) is 54.9 Å². The van der Waals surface area contributed by atoms with E-state index in [2.05, 4.69) is 36.2 Å². The third-order valence-corrected chi connectivity index (χ3v) is 9.16. The SMILES string of the molecule is COc1nc(-c2cccc(-c3cccc(Nc4nccc(CNC[C@@H]5CCC(=O)N5)c4F)c3Cl)c2Cl)cnc1CNCN1CCCC1=O. The monoisotopic (exact) mass is 692 g/mol. The number of pyridine rings is 1. The van der Waals surface area contributed by atoms with Gasteiger partial charge in [-0.15, -0.1) is 0 Å². The molecule has 14 heteroatoms. The van der Waals surface area contributed by atoms with Crippen LogP contribution in [0.4, 0.5) is 15.9 Å². The molecule has 2 saturated heterocycles. The second kappa shape index (κ2) is 15.2. The molecule has 4 N–H and O–H groups in total. The average molecular weight is 694 g/mol. The Morgan fingerprint density at radius 3 is 2.54 bits per heavy atom. The smallest absolute Gasteiger partial charge is 0.237 e. The summed E-state index contributed by atoms with van der Waals surface area (Å²) in [5, 5.41) is 13.1. The fraction of sp³-hybridized carbons (Fsp3) is 0.324. The summed E-state index contributed by atoms with van der Waals surface area (Å²) in [6.07, 6.45) is 5.88. The number of rotatable bonds is 13. The third kappa shape index (κ3) is 7.52. The van der Waals surface area contributed by atoms with Crippen LogP contribution in [-0.2, 0) is 22.7 Å². The molecule has 2 aromatic heterocycles. The normalized spacial score (nSPS) is 16.0. The van der Waals surface area contributed by atoms with Gasteiger partial charge in [-0.05, 0) is 25.0 Å². The Morgan fingerprint density at radius 1 is 1.00 bits per heavy atom. The lowest BCUT2D eigenvalue weighted by Crippen LogP contribution is -2.35. The van der Waals surface area contributed by atoms with E-state index < -0.39 is 5.82 Å².